The Balaban J connectivity index is 2.36. The van der Waals surface area contributed by atoms with E-state index in [4.69, 9.17) is 5.11 Å². The summed E-state index contributed by atoms with van der Waals surface area (Å²) in [6.45, 7) is 2.09. The number of hydrogen-bond donors (Lipinski definition) is 3. The fourth-order valence-electron chi connectivity index (χ4n) is 1.51. The van der Waals surface area contributed by atoms with Gasteiger partial charge in [0.2, 0.25) is 0 Å². The highest BCUT2D eigenvalue weighted by Gasteiger charge is 2.11. The summed E-state index contributed by atoms with van der Waals surface area (Å²) in [5.74, 6) is -1.20. The maximum atomic E-state index is 11.7. The molecule has 0 aliphatic carbocycles. The van der Waals surface area contributed by atoms with Crippen molar-refractivity contribution >= 4 is 49.5 Å². The van der Waals surface area contributed by atoms with Gasteiger partial charge in [0, 0.05) is 15.5 Å². The Labute approximate surface area is 134 Å². The zero-order valence-corrected chi connectivity index (χ0v) is 14.1. The van der Waals surface area contributed by atoms with Gasteiger partial charge >= 0.3 is 12.0 Å². The van der Waals surface area contributed by atoms with Crippen LogP contribution in [0, 0.1) is 5.92 Å². The summed E-state index contributed by atoms with van der Waals surface area (Å²) in [5, 5.41) is 14.2. The molecule has 1 atom stereocenters. The molecule has 5 nitrogen and oxygen atoms in total. The summed E-state index contributed by atoms with van der Waals surface area (Å²) in [4.78, 5) is 22.3. The molecule has 2 amide bonds. The van der Waals surface area contributed by atoms with E-state index in [1.807, 2.05) is 18.2 Å². The Bertz CT molecular complexity index is 474. The van der Waals surface area contributed by atoms with Crippen LogP contribution in [-0.4, -0.2) is 23.7 Å². The summed E-state index contributed by atoms with van der Waals surface area (Å²) in [6, 6.07) is 5.19. The number of nitrogens with one attached hydrogen (secondary N) is 2. The summed E-state index contributed by atoms with van der Waals surface area (Å²) in [7, 11) is 0. The number of para-hydroxylation sites is 1. The van der Waals surface area contributed by atoms with Crippen LogP contribution in [0.25, 0.3) is 0 Å². The molecule has 1 rings (SSSR count). The monoisotopic (exact) mass is 406 g/mol. The molecule has 0 fully saturated rings. The number of carboxylic acid groups (broad SMARTS) is 1. The van der Waals surface area contributed by atoms with Crippen molar-refractivity contribution in [2.45, 2.75) is 19.8 Å². The molecule has 0 radical (unpaired) electrons. The van der Waals surface area contributed by atoms with Crippen LogP contribution in [0.15, 0.2) is 27.1 Å². The fraction of sp³-hybridized carbons (Fsp3) is 0.385. The standard InChI is InChI=1S/C13H16Br2N2O3/c1-8(12(18)19)4-3-7-16-13(20)17-11-9(14)5-2-6-10(11)15/h2,5-6,8H,3-4,7H2,1H3,(H,18,19)(H2,16,17,20). The van der Waals surface area contributed by atoms with Gasteiger partial charge in [0.05, 0.1) is 11.6 Å². The van der Waals surface area contributed by atoms with E-state index in [9.17, 15) is 9.59 Å². The lowest BCUT2D eigenvalue weighted by molar-refractivity contribution is -0.141. The van der Waals surface area contributed by atoms with Crippen LogP contribution in [0.4, 0.5) is 10.5 Å². The number of carboxylic acids is 1. The van der Waals surface area contributed by atoms with E-state index in [1.165, 1.54) is 0 Å². The van der Waals surface area contributed by atoms with E-state index in [0.717, 1.165) is 8.95 Å². The lowest BCUT2D eigenvalue weighted by Crippen LogP contribution is -2.30. The Morgan fingerprint density at radius 3 is 2.45 bits per heavy atom. The van der Waals surface area contributed by atoms with E-state index in [0.29, 0.717) is 25.1 Å². The van der Waals surface area contributed by atoms with E-state index in [1.54, 1.807) is 6.92 Å². The van der Waals surface area contributed by atoms with Gasteiger partial charge in [-0.25, -0.2) is 4.79 Å². The number of aliphatic carboxylic acids is 1. The molecular formula is C13H16Br2N2O3. The topological polar surface area (TPSA) is 78.4 Å². The van der Waals surface area contributed by atoms with Crippen molar-refractivity contribution in [3.8, 4) is 0 Å². The Morgan fingerprint density at radius 1 is 1.30 bits per heavy atom. The second-order valence-electron chi connectivity index (χ2n) is 4.36. The lowest BCUT2D eigenvalue weighted by atomic mass is 10.1. The number of carbonyl (C=O) groups is 2. The van der Waals surface area contributed by atoms with Crippen molar-refractivity contribution in [1.29, 1.82) is 0 Å². The predicted molar refractivity (Wildman–Crippen MR) is 84.9 cm³/mol. The van der Waals surface area contributed by atoms with Gasteiger partial charge in [-0.2, -0.15) is 0 Å². The van der Waals surface area contributed by atoms with Crippen LogP contribution in [-0.2, 0) is 4.79 Å². The Kier molecular flexibility index (Phi) is 7.01. The molecule has 0 spiro atoms. The summed E-state index contributed by atoms with van der Waals surface area (Å²) >= 11 is 6.71. The van der Waals surface area contributed by atoms with Gasteiger partial charge < -0.3 is 15.7 Å². The molecule has 1 unspecified atom stereocenters. The van der Waals surface area contributed by atoms with E-state index in [2.05, 4.69) is 42.5 Å². The quantitative estimate of drug-likeness (QED) is 0.627. The highest BCUT2D eigenvalue weighted by atomic mass is 79.9. The smallest absolute Gasteiger partial charge is 0.319 e. The first-order chi connectivity index (χ1) is 9.41. The first-order valence-electron chi connectivity index (χ1n) is 6.13. The van der Waals surface area contributed by atoms with Crippen LogP contribution in [0.5, 0.6) is 0 Å². The van der Waals surface area contributed by atoms with Crippen LogP contribution >= 0.6 is 31.9 Å². The summed E-state index contributed by atoms with van der Waals surface area (Å²) in [6.07, 6.45) is 1.16. The van der Waals surface area contributed by atoms with Crippen molar-refractivity contribution in [3.05, 3.63) is 27.1 Å². The average Bonchev–Trinajstić information content (AvgIpc) is 2.38. The number of hydrogen-bond acceptors (Lipinski definition) is 2. The molecule has 0 aliphatic rings. The minimum absolute atomic E-state index is 0.319. The molecule has 0 bridgehead atoms. The van der Waals surface area contributed by atoms with E-state index >= 15 is 0 Å². The van der Waals surface area contributed by atoms with Gasteiger partial charge in [0.15, 0.2) is 0 Å². The molecule has 0 heterocycles. The van der Waals surface area contributed by atoms with E-state index < -0.39 is 11.9 Å². The number of carbonyl (C=O) groups excluding carboxylic acids is 1. The van der Waals surface area contributed by atoms with Gasteiger partial charge in [-0.15, -0.1) is 0 Å². The predicted octanol–water partition coefficient (Wildman–Crippen LogP) is 3.83. The minimum atomic E-state index is -0.813. The first-order valence-corrected chi connectivity index (χ1v) is 7.72. The summed E-state index contributed by atoms with van der Waals surface area (Å²) < 4.78 is 1.56. The number of halogens is 2. The molecule has 110 valence electrons. The van der Waals surface area contributed by atoms with Crippen LogP contribution in [0.1, 0.15) is 19.8 Å². The third kappa shape index (κ3) is 5.50. The molecule has 0 saturated carbocycles. The molecule has 0 aliphatic heterocycles. The zero-order chi connectivity index (χ0) is 15.1. The lowest BCUT2D eigenvalue weighted by Gasteiger charge is -2.11. The van der Waals surface area contributed by atoms with Gasteiger partial charge in [-0.1, -0.05) is 13.0 Å². The molecule has 0 aromatic heterocycles. The number of rotatable bonds is 6. The first kappa shape index (κ1) is 17.0. The Hall–Kier alpha value is -1.08. The zero-order valence-electron chi connectivity index (χ0n) is 11.0. The minimum Gasteiger partial charge on any atom is -0.481 e. The molecule has 1 aromatic carbocycles. The number of benzene rings is 1. The van der Waals surface area contributed by atoms with Gasteiger partial charge in [-0.3, -0.25) is 4.79 Å². The van der Waals surface area contributed by atoms with Gasteiger partial charge in [0.25, 0.3) is 0 Å². The molecule has 20 heavy (non-hydrogen) atoms. The van der Waals surface area contributed by atoms with E-state index in [-0.39, 0.29) is 6.03 Å². The average molecular weight is 408 g/mol. The maximum Gasteiger partial charge on any atom is 0.319 e. The molecule has 1 aromatic rings. The molecule has 7 heteroatoms. The second-order valence-corrected chi connectivity index (χ2v) is 6.07. The largest absolute Gasteiger partial charge is 0.481 e. The normalized spacial score (nSPS) is 11.8. The SMILES string of the molecule is CC(CCCNC(=O)Nc1c(Br)cccc1Br)C(=O)O. The maximum absolute atomic E-state index is 11.7. The van der Waals surface area contributed by atoms with Crippen molar-refractivity contribution in [1.82, 2.24) is 5.32 Å². The van der Waals surface area contributed by atoms with Crippen LogP contribution < -0.4 is 10.6 Å². The van der Waals surface area contributed by atoms with Gasteiger partial charge in [0.1, 0.15) is 0 Å². The highest BCUT2D eigenvalue weighted by Crippen LogP contribution is 2.30. The molecule has 3 N–H and O–H groups in total. The molecular weight excluding hydrogens is 392 g/mol. The summed E-state index contributed by atoms with van der Waals surface area (Å²) in [5.41, 5.74) is 0.656. The van der Waals surface area contributed by atoms with Gasteiger partial charge in [-0.05, 0) is 56.8 Å². The third-order valence-corrected chi connectivity index (χ3v) is 4.04. The Morgan fingerprint density at radius 2 is 1.90 bits per heavy atom. The van der Waals surface area contributed by atoms with Crippen molar-refractivity contribution in [3.63, 3.8) is 0 Å². The fourth-order valence-corrected chi connectivity index (χ4v) is 2.71. The number of amides is 2. The number of urea groups is 1. The number of anilines is 1. The van der Waals surface area contributed by atoms with Crippen molar-refractivity contribution < 1.29 is 14.7 Å². The third-order valence-electron chi connectivity index (χ3n) is 2.72. The van der Waals surface area contributed by atoms with Crippen molar-refractivity contribution in [2.75, 3.05) is 11.9 Å². The van der Waals surface area contributed by atoms with Crippen LogP contribution in [0.3, 0.4) is 0 Å². The van der Waals surface area contributed by atoms with Crippen LogP contribution in [0.2, 0.25) is 0 Å². The molecule has 0 saturated heterocycles. The highest BCUT2D eigenvalue weighted by molar-refractivity contribution is 9.11. The second kappa shape index (κ2) is 8.26. The van der Waals surface area contributed by atoms with Crippen molar-refractivity contribution in [2.24, 2.45) is 5.92 Å².